The van der Waals surface area contributed by atoms with Gasteiger partial charge in [-0.3, -0.25) is 0 Å². The Kier molecular flexibility index (Phi) is 2.55. The number of tetrazole rings is 1. The highest BCUT2D eigenvalue weighted by molar-refractivity contribution is 5.53. The molecule has 0 aliphatic heterocycles. The van der Waals surface area contributed by atoms with E-state index in [9.17, 15) is 4.39 Å². The van der Waals surface area contributed by atoms with Crippen LogP contribution >= 0.6 is 0 Å². The maximum Gasteiger partial charge on any atom is 0.146 e. The normalized spacial score (nSPS) is 27.1. The van der Waals surface area contributed by atoms with Crippen molar-refractivity contribution in [3.05, 3.63) is 42.5 Å². The summed E-state index contributed by atoms with van der Waals surface area (Å²) in [4.78, 5) is 0. The minimum Gasteiger partial charge on any atom is -0.379 e. The van der Waals surface area contributed by atoms with E-state index in [1.165, 1.54) is 17.1 Å². The van der Waals surface area contributed by atoms with E-state index in [-0.39, 0.29) is 5.82 Å². The van der Waals surface area contributed by atoms with Crippen molar-refractivity contribution in [2.24, 2.45) is 11.8 Å². The van der Waals surface area contributed by atoms with E-state index in [4.69, 9.17) is 0 Å². The number of rotatable bonds is 3. The molecular weight excluding hydrogens is 257 g/mol. The molecule has 3 unspecified atom stereocenters. The first-order valence-electron chi connectivity index (χ1n) is 6.77. The zero-order valence-corrected chi connectivity index (χ0v) is 10.8. The van der Waals surface area contributed by atoms with Gasteiger partial charge >= 0.3 is 0 Å². The highest BCUT2D eigenvalue weighted by atomic mass is 19.1. The van der Waals surface area contributed by atoms with E-state index in [1.54, 1.807) is 12.1 Å². The van der Waals surface area contributed by atoms with Crippen molar-refractivity contribution >= 4 is 5.69 Å². The van der Waals surface area contributed by atoms with Gasteiger partial charge in [0.25, 0.3) is 0 Å². The molecule has 0 amide bonds. The van der Waals surface area contributed by atoms with Gasteiger partial charge in [-0.1, -0.05) is 12.2 Å². The molecule has 0 radical (unpaired) electrons. The number of anilines is 1. The van der Waals surface area contributed by atoms with Crippen molar-refractivity contribution < 1.29 is 4.39 Å². The molecule has 1 fully saturated rings. The molecule has 102 valence electrons. The summed E-state index contributed by atoms with van der Waals surface area (Å²) < 4.78 is 15.5. The van der Waals surface area contributed by atoms with Crippen LogP contribution in [0.15, 0.2) is 36.7 Å². The van der Waals surface area contributed by atoms with E-state index in [2.05, 4.69) is 33.0 Å². The Labute approximate surface area is 115 Å². The smallest absolute Gasteiger partial charge is 0.146 e. The van der Waals surface area contributed by atoms with Gasteiger partial charge in [0.2, 0.25) is 0 Å². The number of halogens is 1. The molecule has 2 aliphatic rings. The van der Waals surface area contributed by atoms with Gasteiger partial charge < -0.3 is 5.32 Å². The first-order chi connectivity index (χ1) is 9.81. The monoisotopic (exact) mass is 271 g/mol. The third-order valence-corrected chi connectivity index (χ3v) is 4.27. The summed E-state index contributed by atoms with van der Waals surface area (Å²) in [6.07, 6.45) is 8.23. The quantitative estimate of drug-likeness (QED) is 0.869. The number of fused-ring (bicyclic) bond motifs is 1. The van der Waals surface area contributed by atoms with E-state index in [1.807, 2.05) is 0 Å². The van der Waals surface area contributed by atoms with Crippen molar-refractivity contribution in [3.8, 4) is 5.69 Å². The van der Waals surface area contributed by atoms with Gasteiger partial charge in [0.05, 0.1) is 11.4 Å². The fraction of sp³-hybridized carbons (Fsp3) is 0.357. The number of nitrogens with zero attached hydrogens (tertiary/aromatic N) is 4. The van der Waals surface area contributed by atoms with Crippen LogP contribution in [0.4, 0.5) is 10.1 Å². The molecule has 20 heavy (non-hydrogen) atoms. The van der Waals surface area contributed by atoms with Gasteiger partial charge in [0, 0.05) is 12.0 Å². The Morgan fingerprint density at radius 1 is 1.35 bits per heavy atom. The summed E-state index contributed by atoms with van der Waals surface area (Å²) in [5.41, 5.74) is 1.26. The molecular formula is C14H14FN5. The third-order valence-electron chi connectivity index (χ3n) is 4.27. The molecule has 2 aromatic rings. The fourth-order valence-corrected chi connectivity index (χ4v) is 3.13. The number of benzene rings is 1. The highest BCUT2D eigenvalue weighted by Gasteiger charge is 2.41. The number of hydrogen-bond donors (Lipinski definition) is 1. The molecule has 5 nitrogen and oxygen atoms in total. The summed E-state index contributed by atoms with van der Waals surface area (Å²) in [6.45, 7) is 0. The molecule has 1 saturated carbocycles. The van der Waals surface area contributed by atoms with E-state index in [0.717, 1.165) is 24.4 Å². The van der Waals surface area contributed by atoms with Crippen LogP contribution in [-0.2, 0) is 0 Å². The summed E-state index contributed by atoms with van der Waals surface area (Å²) in [7, 11) is 0. The molecule has 0 spiro atoms. The highest BCUT2D eigenvalue weighted by Crippen LogP contribution is 2.44. The molecule has 1 aromatic heterocycles. The van der Waals surface area contributed by atoms with Crippen molar-refractivity contribution in [1.82, 2.24) is 20.2 Å². The number of hydrogen-bond acceptors (Lipinski definition) is 4. The lowest BCUT2D eigenvalue weighted by atomic mass is 9.71. The molecule has 2 aliphatic carbocycles. The lowest BCUT2D eigenvalue weighted by Gasteiger charge is -2.41. The first-order valence-corrected chi connectivity index (χ1v) is 6.77. The number of aromatic nitrogens is 4. The Bertz CT molecular complexity index is 652. The predicted molar refractivity (Wildman–Crippen MR) is 71.9 cm³/mol. The minimum absolute atomic E-state index is 0.243. The Morgan fingerprint density at radius 3 is 3.10 bits per heavy atom. The predicted octanol–water partition coefficient (Wildman–Crippen LogP) is 2.18. The van der Waals surface area contributed by atoms with Gasteiger partial charge in [-0.2, -0.15) is 0 Å². The van der Waals surface area contributed by atoms with Crippen molar-refractivity contribution in [3.63, 3.8) is 0 Å². The molecule has 1 N–H and O–H groups in total. The lowest BCUT2D eigenvalue weighted by Crippen LogP contribution is -2.43. The summed E-state index contributed by atoms with van der Waals surface area (Å²) >= 11 is 0. The van der Waals surface area contributed by atoms with Gasteiger partial charge in [0.15, 0.2) is 0 Å². The van der Waals surface area contributed by atoms with E-state index in [0.29, 0.717) is 17.6 Å². The van der Waals surface area contributed by atoms with E-state index < -0.39 is 0 Å². The van der Waals surface area contributed by atoms with Crippen LogP contribution in [0.2, 0.25) is 0 Å². The van der Waals surface area contributed by atoms with Crippen LogP contribution in [0.1, 0.15) is 12.8 Å². The molecule has 1 aromatic carbocycles. The third kappa shape index (κ3) is 1.79. The van der Waals surface area contributed by atoms with Crippen LogP contribution in [0.25, 0.3) is 5.69 Å². The zero-order chi connectivity index (χ0) is 13.5. The van der Waals surface area contributed by atoms with Crippen LogP contribution in [0.3, 0.4) is 0 Å². The van der Waals surface area contributed by atoms with Gasteiger partial charge in [-0.25, -0.2) is 9.07 Å². The molecule has 6 heteroatoms. The molecule has 1 heterocycles. The van der Waals surface area contributed by atoms with Crippen molar-refractivity contribution in [1.29, 1.82) is 0 Å². The van der Waals surface area contributed by atoms with Crippen molar-refractivity contribution in [2.75, 3.05) is 5.32 Å². The van der Waals surface area contributed by atoms with Crippen molar-refractivity contribution in [2.45, 2.75) is 18.9 Å². The van der Waals surface area contributed by atoms with Crippen LogP contribution in [-0.4, -0.2) is 26.2 Å². The standard InChI is InChI=1S/C14H14FN5/c15-12-5-4-10(20-8-16-18-19-20)7-14(12)17-13-6-9-2-1-3-11(9)13/h1,3-5,7-9,11,13,17H,2,6H2. The van der Waals surface area contributed by atoms with Gasteiger partial charge in [0.1, 0.15) is 12.1 Å². The fourth-order valence-electron chi connectivity index (χ4n) is 3.13. The SMILES string of the molecule is Fc1ccc(-n2cnnn2)cc1NC1CC2CC=CC21. The second kappa shape index (κ2) is 4.40. The number of nitrogens with one attached hydrogen (secondary N) is 1. The Morgan fingerprint density at radius 2 is 2.30 bits per heavy atom. The van der Waals surface area contributed by atoms with Gasteiger partial charge in [-0.05, 0) is 47.4 Å². The summed E-state index contributed by atoms with van der Waals surface area (Å²) in [5.74, 6) is 1.05. The second-order valence-electron chi connectivity index (χ2n) is 5.41. The van der Waals surface area contributed by atoms with Crippen LogP contribution in [0.5, 0.6) is 0 Å². The minimum atomic E-state index is -0.243. The maximum absolute atomic E-state index is 13.9. The first kappa shape index (κ1) is 11.6. The maximum atomic E-state index is 13.9. The summed E-state index contributed by atoms with van der Waals surface area (Å²) in [6, 6.07) is 5.19. The largest absolute Gasteiger partial charge is 0.379 e. The van der Waals surface area contributed by atoms with Crippen LogP contribution in [0, 0.1) is 17.7 Å². The molecule has 3 atom stereocenters. The summed E-state index contributed by atoms with van der Waals surface area (Å²) in [5, 5.41) is 14.3. The van der Waals surface area contributed by atoms with Gasteiger partial charge in [-0.15, -0.1) is 5.10 Å². The molecule has 4 rings (SSSR count). The second-order valence-corrected chi connectivity index (χ2v) is 5.41. The topological polar surface area (TPSA) is 55.6 Å². The number of allylic oxidation sites excluding steroid dienone is 1. The Hall–Kier alpha value is -2.24. The average Bonchev–Trinajstić information content (AvgIpc) is 3.07. The average molecular weight is 271 g/mol. The molecule has 0 saturated heterocycles. The Balaban J connectivity index is 1.58. The van der Waals surface area contributed by atoms with E-state index >= 15 is 0 Å². The van der Waals surface area contributed by atoms with Crippen LogP contribution < -0.4 is 5.32 Å². The molecule has 0 bridgehead atoms. The zero-order valence-electron chi connectivity index (χ0n) is 10.8. The lowest BCUT2D eigenvalue weighted by molar-refractivity contribution is 0.217.